The van der Waals surface area contributed by atoms with Gasteiger partial charge in [0.1, 0.15) is 11.4 Å². The van der Waals surface area contributed by atoms with Crippen LogP contribution in [0, 0.1) is 0 Å². The summed E-state index contributed by atoms with van der Waals surface area (Å²) in [5.74, 6) is 1.52. The van der Waals surface area contributed by atoms with Crippen molar-refractivity contribution in [1.29, 1.82) is 0 Å². The number of rotatable bonds is 9. The van der Waals surface area contributed by atoms with Crippen LogP contribution in [0.4, 0.5) is 0 Å². The van der Waals surface area contributed by atoms with Crippen molar-refractivity contribution in [2.45, 2.75) is 13.3 Å². The molecule has 0 aliphatic heterocycles. The van der Waals surface area contributed by atoms with E-state index in [0.29, 0.717) is 29.5 Å². The molecule has 0 saturated heterocycles. The number of benzene rings is 2. The van der Waals surface area contributed by atoms with Crippen LogP contribution < -0.4 is 19.6 Å². The topological polar surface area (TPSA) is 97.8 Å². The van der Waals surface area contributed by atoms with Crippen molar-refractivity contribution in [3.05, 3.63) is 59.8 Å². The molecule has 1 heterocycles. The number of carbonyl (C=O) groups excluding carboxylic acids is 1. The Balaban J connectivity index is 1.68. The number of hydrogen-bond donors (Lipinski definition) is 2. The lowest BCUT2D eigenvalue weighted by Gasteiger charge is -2.08. The molecule has 0 aliphatic rings. The quantitative estimate of drug-likeness (QED) is 0.416. The van der Waals surface area contributed by atoms with E-state index >= 15 is 0 Å². The van der Waals surface area contributed by atoms with Gasteiger partial charge in [0.15, 0.2) is 11.5 Å². The number of methoxy groups -OCH3 is 2. The van der Waals surface area contributed by atoms with Crippen LogP contribution in [0.5, 0.6) is 17.2 Å². The van der Waals surface area contributed by atoms with Crippen molar-refractivity contribution >= 4 is 12.1 Å². The van der Waals surface area contributed by atoms with E-state index in [4.69, 9.17) is 14.2 Å². The van der Waals surface area contributed by atoms with Crippen molar-refractivity contribution < 1.29 is 19.0 Å². The molecule has 0 saturated carbocycles. The monoisotopic (exact) mass is 408 g/mol. The van der Waals surface area contributed by atoms with E-state index in [1.807, 2.05) is 31.2 Å². The number of aromatic nitrogens is 2. The predicted octanol–water partition coefficient (Wildman–Crippen LogP) is 3.65. The zero-order valence-electron chi connectivity index (χ0n) is 17.1. The first-order valence-electron chi connectivity index (χ1n) is 9.49. The first kappa shape index (κ1) is 20.9. The zero-order chi connectivity index (χ0) is 21.3. The molecule has 3 rings (SSSR count). The molecule has 0 atom stereocenters. The molecule has 2 N–H and O–H groups in total. The Kier molecular flexibility index (Phi) is 7.05. The van der Waals surface area contributed by atoms with E-state index in [2.05, 4.69) is 20.7 Å². The Bertz CT molecular complexity index is 1030. The Morgan fingerprint density at radius 1 is 1.10 bits per heavy atom. The molecular weight excluding hydrogens is 384 g/mol. The summed E-state index contributed by atoms with van der Waals surface area (Å²) in [5.41, 5.74) is 4.96. The fraction of sp³-hybridized carbons (Fsp3) is 0.227. The highest BCUT2D eigenvalue weighted by Gasteiger charge is 2.13. The number of ether oxygens (including phenoxy) is 3. The first-order chi connectivity index (χ1) is 14.7. The van der Waals surface area contributed by atoms with E-state index in [1.54, 1.807) is 38.5 Å². The van der Waals surface area contributed by atoms with Gasteiger partial charge in [-0.1, -0.05) is 19.1 Å². The van der Waals surface area contributed by atoms with Crippen LogP contribution in [0.2, 0.25) is 0 Å². The summed E-state index contributed by atoms with van der Waals surface area (Å²) < 4.78 is 16.2. The second kappa shape index (κ2) is 10.1. The van der Waals surface area contributed by atoms with Crippen LogP contribution >= 0.6 is 0 Å². The van der Waals surface area contributed by atoms with Crippen LogP contribution in [0.1, 0.15) is 29.4 Å². The molecule has 156 valence electrons. The third kappa shape index (κ3) is 4.96. The van der Waals surface area contributed by atoms with E-state index in [0.717, 1.165) is 23.3 Å². The van der Waals surface area contributed by atoms with Crippen molar-refractivity contribution in [3.63, 3.8) is 0 Å². The van der Waals surface area contributed by atoms with E-state index in [9.17, 15) is 4.79 Å². The average molecular weight is 408 g/mol. The molecule has 0 radical (unpaired) electrons. The molecule has 30 heavy (non-hydrogen) atoms. The maximum atomic E-state index is 12.4. The maximum absolute atomic E-state index is 12.4. The SMILES string of the molecule is CCCOc1ccccc1-c1cc(C(=O)NN=Cc2ccc(OC)c(OC)c2)[nH]n1. The summed E-state index contributed by atoms with van der Waals surface area (Å²) in [6.07, 6.45) is 2.42. The van der Waals surface area contributed by atoms with Gasteiger partial charge in [-0.05, 0) is 48.4 Å². The number of hydrogen-bond acceptors (Lipinski definition) is 6. The van der Waals surface area contributed by atoms with E-state index in [1.165, 1.54) is 6.21 Å². The Labute approximate surface area is 174 Å². The number of hydrazone groups is 1. The van der Waals surface area contributed by atoms with Gasteiger partial charge in [0.2, 0.25) is 0 Å². The highest BCUT2D eigenvalue weighted by atomic mass is 16.5. The molecule has 0 unspecified atom stereocenters. The summed E-state index contributed by atoms with van der Waals surface area (Å²) in [6.45, 7) is 2.65. The van der Waals surface area contributed by atoms with Gasteiger partial charge < -0.3 is 14.2 Å². The van der Waals surface area contributed by atoms with Gasteiger partial charge in [0.25, 0.3) is 5.91 Å². The normalized spacial score (nSPS) is 10.8. The summed E-state index contributed by atoms with van der Waals surface area (Å²) in [4.78, 5) is 12.4. The Morgan fingerprint density at radius 3 is 2.67 bits per heavy atom. The van der Waals surface area contributed by atoms with Crippen molar-refractivity contribution in [2.24, 2.45) is 5.10 Å². The first-order valence-corrected chi connectivity index (χ1v) is 9.49. The molecule has 8 nitrogen and oxygen atoms in total. The van der Waals surface area contributed by atoms with Crippen LogP contribution in [-0.2, 0) is 0 Å². The van der Waals surface area contributed by atoms with Gasteiger partial charge in [-0.2, -0.15) is 10.2 Å². The van der Waals surface area contributed by atoms with Crippen molar-refractivity contribution in [2.75, 3.05) is 20.8 Å². The molecule has 0 aliphatic carbocycles. The minimum absolute atomic E-state index is 0.291. The molecule has 8 heteroatoms. The van der Waals surface area contributed by atoms with Gasteiger partial charge in [0.05, 0.1) is 32.7 Å². The minimum Gasteiger partial charge on any atom is -0.493 e. The van der Waals surface area contributed by atoms with Crippen molar-refractivity contribution in [3.8, 4) is 28.5 Å². The van der Waals surface area contributed by atoms with Gasteiger partial charge in [-0.25, -0.2) is 5.43 Å². The third-order valence-corrected chi connectivity index (χ3v) is 4.23. The second-order valence-electron chi connectivity index (χ2n) is 6.33. The van der Waals surface area contributed by atoms with E-state index in [-0.39, 0.29) is 0 Å². The smallest absolute Gasteiger partial charge is 0.289 e. The minimum atomic E-state index is -0.405. The number of para-hydroxylation sites is 1. The summed E-state index contributed by atoms with van der Waals surface area (Å²) in [5, 5.41) is 11.0. The van der Waals surface area contributed by atoms with Crippen LogP contribution in [0.15, 0.2) is 53.6 Å². The highest BCUT2D eigenvalue weighted by molar-refractivity contribution is 5.94. The molecule has 0 spiro atoms. The lowest BCUT2D eigenvalue weighted by Crippen LogP contribution is -2.18. The summed E-state index contributed by atoms with van der Waals surface area (Å²) >= 11 is 0. The fourth-order valence-electron chi connectivity index (χ4n) is 2.75. The third-order valence-electron chi connectivity index (χ3n) is 4.23. The standard InChI is InChI=1S/C22H24N4O4/c1-4-11-30-19-8-6-5-7-16(19)17-13-18(25-24-17)22(27)26-23-14-15-9-10-20(28-2)21(12-15)29-3/h5-10,12-14H,4,11H2,1-3H3,(H,24,25)(H,26,27). The van der Waals surface area contributed by atoms with Crippen LogP contribution in [0.25, 0.3) is 11.3 Å². The molecule has 1 amide bonds. The lowest BCUT2D eigenvalue weighted by molar-refractivity contribution is 0.0950. The molecule has 1 aromatic heterocycles. The number of nitrogens with one attached hydrogen (secondary N) is 2. The number of H-pyrrole nitrogens is 1. The molecule has 2 aromatic carbocycles. The number of aromatic amines is 1. The predicted molar refractivity (Wildman–Crippen MR) is 114 cm³/mol. The summed E-state index contributed by atoms with van der Waals surface area (Å²) in [7, 11) is 3.13. The molecular formula is C22H24N4O4. The van der Waals surface area contributed by atoms with Gasteiger partial charge >= 0.3 is 0 Å². The van der Waals surface area contributed by atoms with Gasteiger partial charge in [-0.3, -0.25) is 9.89 Å². The molecule has 0 fully saturated rings. The lowest BCUT2D eigenvalue weighted by atomic mass is 10.1. The Hall–Kier alpha value is -3.81. The average Bonchev–Trinajstić information content (AvgIpc) is 3.28. The highest BCUT2D eigenvalue weighted by Crippen LogP contribution is 2.29. The van der Waals surface area contributed by atoms with Crippen LogP contribution in [0.3, 0.4) is 0 Å². The maximum Gasteiger partial charge on any atom is 0.289 e. The van der Waals surface area contributed by atoms with Crippen LogP contribution in [-0.4, -0.2) is 43.1 Å². The molecule has 0 bridgehead atoms. The number of amides is 1. The number of nitrogens with zero attached hydrogens (tertiary/aromatic N) is 2. The van der Waals surface area contributed by atoms with Crippen molar-refractivity contribution in [1.82, 2.24) is 15.6 Å². The van der Waals surface area contributed by atoms with Gasteiger partial charge in [0, 0.05) is 5.56 Å². The zero-order valence-corrected chi connectivity index (χ0v) is 17.1. The summed E-state index contributed by atoms with van der Waals surface area (Å²) in [6, 6.07) is 14.6. The fourth-order valence-corrected chi connectivity index (χ4v) is 2.75. The number of carbonyl (C=O) groups is 1. The largest absolute Gasteiger partial charge is 0.493 e. The Morgan fingerprint density at radius 2 is 1.90 bits per heavy atom. The van der Waals surface area contributed by atoms with Gasteiger partial charge in [-0.15, -0.1) is 0 Å². The van der Waals surface area contributed by atoms with E-state index < -0.39 is 5.91 Å². The second-order valence-corrected chi connectivity index (χ2v) is 6.33. The molecule has 3 aromatic rings.